The summed E-state index contributed by atoms with van der Waals surface area (Å²) in [6.07, 6.45) is 0. The molecule has 0 bridgehead atoms. The Labute approximate surface area is 202 Å². The highest BCUT2D eigenvalue weighted by Gasteiger charge is 2.47. The van der Waals surface area contributed by atoms with Gasteiger partial charge in [-0.2, -0.15) is 0 Å². The Morgan fingerprint density at radius 1 is 0.743 bits per heavy atom. The Kier molecular flexibility index (Phi) is 6.64. The highest BCUT2D eigenvalue weighted by Crippen LogP contribution is 2.44. The second-order valence-electron chi connectivity index (χ2n) is 7.71. The average Bonchev–Trinajstić information content (AvgIpc) is 3.17. The minimum Gasteiger partial charge on any atom is -0.507 e. The summed E-state index contributed by atoms with van der Waals surface area (Å²) in [5.41, 5.74) is 1.38. The number of ketones is 1. The van der Waals surface area contributed by atoms with Crippen LogP contribution in [0.5, 0.6) is 23.0 Å². The van der Waals surface area contributed by atoms with Crippen LogP contribution in [-0.4, -0.2) is 45.2 Å². The van der Waals surface area contributed by atoms with Crippen LogP contribution in [0.15, 0.2) is 72.3 Å². The molecule has 1 amide bonds. The monoisotopic (exact) mass is 475 g/mol. The summed E-state index contributed by atoms with van der Waals surface area (Å²) in [4.78, 5) is 27.9. The van der Waals surface area contributed by atoms with Gasteiger partial charge in [0, 0.05) is 11.3 Å². The van der Waals surface area contributed by atoms with Crippen molar-refractivity contribution in [3.8, 4) is 23.0 Å². The van der Waals surface area contributed by atoms with Crippen molar-refractivity contribution < 1.29 is 33.6 Å². The third kappa shape index (κ3) is 4.26. The second kappa shape index (κ2) is 9.80. The van der Waals surface area contributed by atoms with Crippen molar-refractivity contribution in [3.63, 3.8) is 0 Å². The molecule has 1 saturated heterocycles. The highest BCUT2D eigenvalue weighted by atomic mass is 16.5. The van der Waals surface area contributed by atoms with E-state index in [4.69, 9.17) is 18.9 Å². The molecule has 8 heteroatoms. The van der Waals surface area contributed by atoms with E-state index in [0.717, 1.165) is 0 Å². The van der Waals surface area contributed by atoms with E-state index in [-0.39, 0.29) is 11.3 Å². The normalized spacial score (nSPS) is 16.8. The van der Waals surface area contributed by atoms with Gasteiger partial charge in [-0.05, 0) is 66.2 Å². The van der Waals surface area contributed by atoms with Crippen molar-refractivity contribution in [1.29, 1.82) is 0 Å². The number of hydrogen-bond acceptors (Lipinski definition) is 7. The lowest BCUT2D eigenvalue weighted by atomic mass is 9.94. The lowest BCUT2D eigenvalue weighted by Gasteiger charge is -2.26. The molecule has 3 aromatic carbocycles. The van der Waals surface area contributed by atoms with Gasteiger partial charge in [-0.1, -0.05) is 6.07 Å². The molecule has 8 nitrogen and oxygen atoms in total. The molecule has 0 aliphatic carbocycles. The summed E-state index contributed by atoms with van der Waals surface area (Å²) in [6, 6.07) is 17.6. The molecule has 35 heavy (non-hydrogen) atoms. The Bertz CT molecular complexity index is 1280. The first kappa shape index (κ1) is 23.7. The summed E-state index contributed by atoms with van der Waals surface area (Å²) >= 11 is 0. The zero-order valence-electron chi connectivity index (χ0n) is 19.8. The molecule has 1 fully saturated rings. The maximum absolute atomic E-state index is 13.3. The molecule has 0 aromatic heterocycles. The molecular formula is C27H25NO7. The van der Waals surface area contributed by atoms with Gasteiger partial charge in [-0.25, -0.2) is 0 Å². The standard InChI is InChI=1S/C27H25NO7/c1-32-19-10-5-16(6-11-19)25(29)23-24(17-7-14-21(34-3)22(15-17)35-4)28(27(31)26(23)30)18-8-12-20(33-2)13-9-18/h5-15,24,29H,1-4H3/b25-23+/t24-/m0/s1. The van der Waals surface area contributed by atoms with Crippen molar-refractivity contribution in [1.82, 2.24) is 0 Å². The van der Waals surface area contributed by atoms with Crippen LogP contribution >= 0.6 is 0 Å². The quantitative estimate of drug-likeness (QED) is 0.308. The van der Waals surface area contributed by atoms with Gasteiger partial charge in [-0.3, -0.25) is 14.5 Å². The van der Waals surface area contributed by atoms with Crippen LogP contribution in [0.3, 0.4) is 0 Å². The number of methoxy groups -OCH3 is 4. The van der Waals surface area contributed by atoms with E-state index in [0.29, 0.717) is 39.8 Å². The van der Waals surface area contributed by atoms with Crippen molar-refractivity contribution >= 4 is 23.1 Å². The third-order valence-corrected chi connectivity index (χ3v) is 5.88. The number of aliphatic hydroxyl groups excluding tert-OH is 1. The molecule has 0 saturated carbocycles. The molecule has 1 heterocycles. The molecule has 1 aliphatic rings. The molecule has 180 valence electrons. The fourth-order valence-corrected chi connectivity index (χ4v) is 4.08. The molecule has 0 spiro atoms. The summed E-state index contributed by atoms with van der Waals surface area (Å²) in [5.74, 6) is 0.270. The van der Waals surface area contributed by atoms with Gasteiger partial charge in [0.15, 0.2) is 11.5 Å². The van der Waals surface area contributed by atoms with E-state index in [1.807, 2.05) is 0 Å². The number of ether oxygens (including phenoxy) is 4. The van der Waals surface area contributed by atoms with E-state index >= 15 is 0 Å². The molecular weight excluding hydrogens is 450 g/mol. The summed E-state index contributed by atoms with van der Waals surface area (Å²) in [6.45, 7) is 0. The Morgan fingerprint density at radius 3 is 1.86 bits per heavy atom. The first-order valence-corrected chi connectivity index (χ1v) is 10.7. The minimum atomic E-state index is -0.912. The van der Waals surface area contributed by atoms with Gasteiger partial charge in [0.05, 0.1) is 40.1 Å². The van der Waals surface area contributed by atoms with Crippen molar-refractivity contribution in [2.75, 3.05) is 33.3 Å². The fourth-order valence-electron chi connectivity index (χ4n) is 4.08. The number of nitrogens with zero attached hydrogens (tertiary/aromatic N) is 1. The van der Waals surface area contributed by atoms with E-state index in [2.05, 4.69) is 0 Å². The van der Waals surface area contributed by atoms with Crippen molar-refractivity contribution in [2.24, 2.45) is 0 Å². The number of carbonyl (C=O) groups excluding carboxylic acids is 2. The fraction of sp³-hybridized carbons (Fsp3) is 0.185. The van der Waals surface area contributed by atoms with E-state index in [1.165, 1.54) is 26.2 Å². The van der Waals surface area contributed by atoms with Crippen molar-refractivity contribution in [3.05, 3.63) is 83.4 Å². The average molecular weight is 475 g/mol. The van der Waals surface area contributed by atoms with E-state index in [9.17, 15) is 14.7 Å². The number of carbonyl (C=O) groups is 2. The largest absolute Gasteiger partial charge is 0.507 e. The lowest BCUT2D eigenvalue weighted by molar-refractivity contribution is -0.132. The van der Waals surface area contributed by atoms with E-state index in [1.54, 1.807) is 73.8 Å². The molecule has 0 radical (unpaired) electrons. The number of Topliss-reactive ketones (excluding diaryl/α,β-unsaturated/α-hetero) is 1. The maximum atomic E-state index is 13.3. The Morgan fingerprint density at radius 2 is 1.31 bits per heavy atom. The van der Waals surface area contributed by atoms with Crippen LogP contribution in [0.25, 0.3) is 5.76 Å². The predicted molar refractivity (Wildman–Crippen MR) is 130 cm³/mol. The first-order chi connectivity index (χ1) is 16.9. The number of hydrogen-bond donors (Lipinski definition) is 1. The third-order valence-electron chi connectivity index (χ3n) is 5.88. The van der Waals surface area contributed by atoms with Crippen LogP contribution in [-0.2, 0) is 9.59 Å². The number of benzene rings is 3. The first-order valence-electron chi connectivity index (χ1n) is 10.7. The number of anilines is 1. The van der Waals surface area contributed by atoms with Gasteiger partial charge >= 0.3 is 0 Å². The Balaban J connectivity index is 1.93. The topological polar surface area (TPSA) is 94.5 Å². The lowest BCUT2D eigenvalue weighted by Crippen LogP contribution is -2.29. The van der Waals surface area contributed by atoms with Crippen LogP contribution in [0.4, 0.5) is 5.69 Å². The summed E-state index contributed by atoms with van der Waals surface area (Å²) in [5, 5.41) is 11.2. The second-order valence-corrected chi connectivity index (χ2v) is 7.71. The van der Waals surface area contributed by atoms with Crippen LogP contribution in [0.2, 0.25) is 0 Å². The van der Waals surface area contributed by atoms with E-state index < -0.39 is 17.7 Å². The van der Waals surface area contributed by atoms with Gasteiger partial charge in [-0.15, -0.1) is 0 Å². The predicted octanol–water partition coefficient (Wildman–Crippen LogP) is 4.35. The Hall–Kier alpha value is -4.46. The van der Waals surface area contributed by atoms with Crippen molar-refractivity contribution in [2.45, 2.75) is 6.04 Å². The molecule has 4 rings (SSSR count). The molecule has 0 unspecified atom stereocenters. The molecule has 3 aromatic rings. The minimum absolute atomic E-state index is 0.0387. The zero-order chi connectivity index (χ0) is 25.1. The maximum Gasteiger partial charge on any atom is 0.300 e. The molecule has 1 aliphatic heterocycles. The summed E-state index contributed by atoms with van der Waals surface area (Å²) in [7, 11) is 6.09. The van der Waals surface area contributed by atoms with Gasteiger partial charge in [0.2, 0.25) is 0 Å². The summed E-state index contributed by atoms with van der Waals surface area (Å²) < 4.78 is 21.2. The number of aliphatic hydroxyl groups is 1. The van der Waals surface area contributed by atoms with Crippen LogP contribution < -0.4 is 23.8 Å². The SMILES string of the molecule is COc1ccc(/C(O)=C2\C(=O)C(=O)N(c3ccc(OC)cc3)[C@H]2c2ccc(OC)c(OC)c2)cc1. The highest BCUT2D eigenvalue weighted by molar-refractivity contribution is 6.51. The van der Waals surface area contributed by atoms with Crippen LogP contribution in [0.1, 0.15) is 17.2 Å². The molecule has 1 atom stereocenters. The number of rotatable bonds is 7. The van der Waals surface area contributed by atoms with Crippen LogP contribution in [0, 0.1) is 0 Å². The van der Waals surface area contributed by atoms with Gasteiger partial charge in [0.1, 0.15) is 17.3 Å². The van der Waals surface area contributed by atoms with Gasteiger partial charge in [0.25, 0.3) is 11.7 Å². The van der Waals surface area contributed by atoms with Gasteiger partial charge < -0.3 is 24.1 Å². The zero-order valence-corrected chi connectivity index (χ0v) is 19.8. The molecule has 1 N–H and O–H groups in total. The number of amides is 1. The smallest absolute Gasteiger partial charge is 0.300 e.